The number of anilines is 3. The summed E-state index contributed by atoms with van der Waals surface area (Å²) in [4.78, 5) is 40.5. The predicted octanol–water partition coefficient (Wildman–Crippen LogP) is 4.53. The van der Waals surface area contributed by atoms with Crippen molar-refractivity contribution in [2.75, 3.05) is 29.0 Å². The molecule has 4 N–H and O–H groups in total. The molecule has 1 aromatic carbocycles. The third-order valence-electron chi connectivity index (χ3n) is 7.84. The number of nitrogens with one attached hydrogen (secondary N) is 2. The lowest BCUT2D eigenvalue weighted by molar-refractivity contribution is -0.137. The molecule has 10 nitrogen and oxygen atoms in total. The van der Waals surface area contributed by atoms with Gasteiger partial charge in [-0.25, -0.2) is 15.0 Å². The highest BCUT2D eigenvalue weighted by Gasteiger charge is 2.32. The Morgan fingerprint density at radius 3 is 2.50 bits per heavy atom. The number of carbonyl (C=O) groups is 2. The summed E-state index contributed by atoms with van der Waals surface area (Å²) in [5.74, 6) is 0.406. The van der Waals surface area contributed by atoms with Crippen LogP contribution in [0.3, 0.4) is 0 Å². The van der Waals surface area contributed by atoms with Crippen LogP contribution in [0, 0.1) is 5.92 Å². The number of piperidine rings is 1. The Hall–Kier alpha value is -4.68. The number of pyridine rings is 1. The highest BCUT2D eigenvalue weighted by Crippen LogP contribution is 2.33. The molecular formula is C29H29F3N8O2. The molecule has 13 heteroatoms. The van der Waals surface area contributed by atoms with Crippen molar-refractivity contribution >= 4 is 34.9 Å². The maximum atomic E-state index is 13.0. The molecule has 4 aromatic rings. The van der Waals surface area contributed by atoms with Crippen LogP contribution in [0.1, 0.15) is 48.0 Å². The first-order chi connectivity index (χ1) is 20.2. The SMILES string of the molecule is Nc1nccn2c(N3CCCC(NC(=O)C4CCC4)C3)nc(-c3ccc(C(=O)Nc4cc(C(F)(F)F)ccn4)cc3)c12. The van der Waals surface area contributed by atoms with Gasteiger partial charge in [-0.2, -0.15) is 13.2 Å². The molecule has 0 radical (unpaired) electrons. The summed E-state index contributed by atoms with van der Waals surface area (Å²) in [5, 5.41) is 5.62. The molecule has 218 valence electrons. The number of carbonyl (C=O) groups excluding carboxylic acids is 2. The number of nitrogen functional groups attached to an aromatic ring is 1. The van der Waals surface area contributed by atoms with E-state index in [1.807, 2.05) is 4.40 Å². The third kappa shape index (κ3) is 5.46. The molecule has 42 heavy (non-hydrogen) atoms. The van der Waals surface area contributed by atoms with Gasteiger partial charge in [0.15, 0.2) is 0 Å². The van der Waals surface area contributed by atoms with Crippen molar-refractivity contribution in [1.29, 1.82) is 0 Å². The number of nitrogens with zero attached hydrogens (tertiary/aromatic N) is 5. The standard InChI is InChI=1S/C29H29F3N8O2/c30-29(31,32)20-10-11-34-22(15-20)37-27(42)19-8-6-17(7-9-19)23-24-25(33)35-12-14-40(24)28(38-23)39-13-2-5-21(16-39)36-26(41)18-3-1-4-18/h6-12,14-15,18,21H,1-5,13,16H2,(H2,33,35)(H,36,41)(H,34,37,42). The van der Waals surface area contributed by atoms with Crippen LogP contribution in [0.25, 0.3) is 16.8 Å². The second kappa shape index (κ2) is 11.0. The van der Waals surface area contributed by atoms with Gasteiger partial charge in [-0.3, -0.25) is 14.0 Å². The van der Waals surface area contributed by atoms with Gasteiger partial charge in [0.25, 0.3) is 5.91 Å². The Labute approximate surface area is 239 Å². The molecule has 3 aromatic heterocycles. The van der Waals surface area contributed by atoms with Gasteiger partial charge in [0.1, 0.15) is 22.8 Å². The first-order valence-electron chi connectivity index (χ1n) is 13.8. The number of alkyl halides is 3. The van der Waals surface area contributed by atoms with Crippen molar-refractivity contribution < 1.29 is 22.8 Å². The van der Waals surface area contributed by atoms with Crippen molar-refractivity contribution in [1.82, 2.24) is 24.7 Å². The Kier molecular flexibility index (Phi) is 7.17. The second-order valence-corrected chi connectivity index (χ2v) is 10.7. The number of benzene rings is 1. The molecule has 0 spiro atoms. The van der Waals surface area contributed by atoms with Crippen molar-refractivity contribution in [2.45, 2.75) is 44.3 Å². The van der Waals surface area contributed by atoms with Crippen LogP contribution in [-0.4, -0.2) is 50.3 Å². The molecule has 2 amide bonds. The lowest BCUT2D eigenvalue weighted by Gasteiger charge is -2.35. The van der Waals surface area contributed by atoms with Crippen LogP contribution in [-0.2, 0) is 11.0 Å². The van der Waals surface area contributed by atoms with E-state index in [0.717, 1.165) is 57.0 Å². The molecule has 2 aliphatic rings. The zero-order valence-electron chi connectivity index (χ0n) is 22.6. The molecule has 4 heterocycles. The van der Waals surface area contributed by atoms with Crippen LogP contribution >= 0.6 is 0 Å². The van der Waals surface area contributed by atoms with E-state index in [4.69, 9.17) is 10.7 Å². The molecule has 6 rings (SSSR count). The largest absolute Gasteiger partial charge is 0.416 e. The van der Waals surface area contributed by atoms with E-state index in [9.17, 15) is 22.8 Å². The molecule has 0 bridgehead atoms. The molecule has 1 aliphatic heterocycles. The molecule has 1 aliphatic carbocycles. The van der Waals surface area contributed by atoms with Crippen LogP contribution in [0.2, 0.25) is 0 Å². The van der Waals surface area contributed by atoms with Crippen molar-refractivity contribution in [3.63, 3.8) is 0 Å². The Morgan fingerprint density at radius 2 is 1.79 bits per heavy atom. The molecule has 1 atom stereocenters. The van der Waals surface area contributed by atoms with Gasteiger partial charge in [-0.05, 0) is 49.9 Å². The number of nitrogens with two attached hydrogens (primary N) is 1. The van der Waals surface area contributed by atoms with Gasteiger partial charge in [0.05, 0.1) is 5.56 Å². The molecule has 2 fully saturated rings. The van der Waals surface area contributed by atoms with E-state index >= 15 is 0 Å². The summed E-state index contributed by atoms with van der Waals surface area (Å²) >= 11 is 0. The van der Waals surface area contributed by atoms with Crippen LogP contribution in [0.15, 0.2) is 55.0 Å². The Morgan fingerprint density at radius 1 is 1.00 bits per heavy atom. The van der Waals surface area contributed by atoms with E-state index in [2.05, 4.69) is 25.5 Å². The fraction of sp³-hybridized carbons (Fsp3) is 0.345. The molecule has 1 saturated heterocycles. The van der Waals surface area contributed by atoms with Gasteiger partial charge < -0.3 is 21.3 Å². The van der Waals surface area contributed by atoms with E-state index in [1.54, 1.807) is 36.7 Å². The fourth-order valence-corrected chi connectivity index (χ4v) is 5.38. The molecule has 1 saturated carbocycles. The smallest absolute Gasteiger partial charge is 0.382 e. The molecule has 1 unspecified atom stereocenters. The van der Waals surface area contributed by atoms with Crippen LogP contribution in [0.5, 0.6) is 0 Å². The first-order valence-corrected chi connectivity index (χ1v) is 13.8. The second-order valence-electron chi connectivity index (χ2n) is 10.7. The van der Waals surface area contributed by atoms with Gasteiger partial charge in [0, 0.05) is 54.8 Å². The number of rotatable bonds is 6. The minimum atomic E-state index is -4.55. The predicted molar refractivity (Wildman–Crippen MR) is 151 cm³/mol. The highest BCUT2D eigenvalue weighted by molar-refractivity contribution is 6.04. The van der Waals surface area contributed by atoms with Gasteiger partial charge >= 0.3 is 6.18 Å². The Bertz CT molecular complexity index is 1630. The first kappa shape index (κ1) is 27.5. The highest BCUT2D eigenvalue weighted by atomic mass is 19.4. The van der Waals surface area contributed by atoms with Crippen molar-refractivity contribution in [3.05, 3.63) is 66.1 Å². The number of imidazole rings is 1. The summed E-state index contributed by atoms with van der Waals surface area (Å²) in [7, 11) is 0. The van der Waals surface area contributed by atoms with E-state index in [-0.39, 0.29) is 35.1 Å². The maximum Gasteiger partial charge on any atom is 0.416 e. The van der Waals surface area contributed by atoms with E-state index < -0.39 is 17.6 Å². The average Bonchev–Trinajstić information content (AvgIpc) is 3.33. The number of aromatic nitrogens is 4. The van der Waals surface area contributed by atoms with Crippen LogP contribution < -0.4 is 21.3 Å². The molecular weight excluding hydrogens is 549 g/mol. The number of hydrogen-bond donors (Lipinski definition) is 3. The van der Waals surface area contributed by atoms with Crippen LogP contribution in [0.4, 0.5) is 30.8 Å². The topological polar surface area (TPSA) is 131 Å². The minimum Gasteiger partial charge on any atom is -0.382 e. The fourth-order valence-electron chi connectivity index (χ4n) is 5.38. The number of amides is 2. The van der Waals surface area contributed by atoms with Gasteiger partial charge in [-0.15, -0.1) is 0 Å². The van der Waals surface area contributed by atoms with Crippen molar-refractivity contribution in [2.24, 2.45) is 5.92 Å². The van der Waals surface area contributed by atoms with Gasteiger partial charge in [0.2, 0.25) is 11.9 Å². The monoisotopic (exact) mass is 578 g/mol. The number of fused-ring (bicyclic) bond motifs is 1. The number of halogens is 3. The number of hydrogen-bond acceptors (Lipinski definition) is 7. The normalized spacial score (nSPS) is 17.6. The van der Waals surface area contributed by atoms with E-state index in [0.29, 0.717) is 29.3 Å². The minimum absolute atomic E-state index is 0.0194. The Balaban J connectivity index is 1.23. The summed E-state index contributed by atoms with van der Waals surface area (Å²) in [6.45, 7) is 1.38. The zero-order valence-corrected chi connectivity index (χ0v) is 22.6. The van der Waals surface area contributed by atoms with Crippen molar-refractivity contribution in [3.8, 4) is 11.3 Å². The lowest BCUT2D eigenvalue weighted by atomic mass is 9.84. The lowest BCUT2D eigenvalue weighted by Crippen LogP contribution is -2.50. The maximum absolute atomic E-state index is 13.0. The summed E-state index contributed by atoms with van der Waals surface area (Å²) in [5.41, 5.74) is 7.48. The summed E-state index contributed by atoms with van der Waals surface area (Å²) < 4.78 is 41.0. The zero-order chi connectivity index (χ0) is 29.4. The summed E-state index contributed by atoms with van der Waals surface area (Å²) in [6.07, 6.45) is 4.63. The quantitative estimate of drug-likeness (QED) is 0.307. The average molecular weight is 579 g/mol. The van der Waals surface area contributed by atoms with Gasteiger partial charge in [-0.1, -0.05) is 18.6 Å². The summed E-state index contributed by atoms with van der Waals surface area (Å²) in [6, 6.07) is 8.15. The van der Waals surface area contributed by atoms with E-state index in [1.165, 1.54) is 0 Å². The third-order valence-corrected chi connectivity index (χ3v) is 7.84.